The van der Waals surface area contributed by atoms with Crippen LogP contribution in [0.3, 0.4) is 0 Å². The predicted octanol–water partition coefficient (Wildman–Crippen LogP) is 1.40. The summed E-state index contributed by atoms with van der Waals surface area (Å²) >= 11 is 0. The molecule has 3 N–H and O–H groups in total. The maximum atomic E-state index is 11.6. The number of hydrogen-bond acceptors (Lipinski definition) is 3. The van der Waals surface area contributed by atoms with Gasteiger partial charge in [0.2, 0.25) is 0 Å². The van der Waals surface area contributed by atoms with Gasteiger partial charge in [0.05, 0.1) is 12.2 Å². The highest BCUT2D eigenvalue weighted by atomic mass is 16.5. The van der Waals surface area contributed by atoms with Crippen molar-refractivity contribution in [2.75, 3.05) is 13.7 Å². The van der Waals surface area contributed by atoms with Crippen LogP contribution in [0, 0.1) is 0 Å². The molecular weight excluding hydrogens is 244 g/mol. The van der Waals surface area contributed by atoms with Gasteiger partial charge in [-0.2, -0.15) is 0 Å². The molecular formula is C14H22N2O3. The highest BCUT2D eigenvalue weighted by Gasteiger charge is 2.17. The molecule has 0 aliphatic heterocycles. The number of rotatable bonds is 6. The molecule has 19 heavy (non-hydrogen) atoms. The van der Waals surface area contributed by atoms with Crippen LogP contribution in [0.15, 0.2) is 24.3 Å². The third-order valence-electron chi connectivity index (χ3n) is 2.96. The second-order valence-corrected chi connectivity index (χ2v) is 4.93. The van der Waals surface area contributed by atoms with Gasteiger partial charge in [-0.3, -0.25) is 0 Å². The van der Waals surface area contributed by atoms with Crippen molar-refractivity contribution < 1.29 is 14.6 Å². The van der Waals surface area contributed by atoms with Crippen molar-refractivity contribution in [1.29, 1.82) is 0 Å². The third-order valence-corrected chi connectivity index (χ3v) is 2.96. The molecule has 0 saturated carbocycles. The lowest BCUT2D eigenvalue weighted by Gasteiger charge is -2.23. The first-order valence-corrected chi connectivity index (χ1v) is 6.23. The van der Waals surface area contributed by atoms with Crippen LogP contribution in [0.5, 0.6) is 0 Å². The molecule has 1 aromatic rings. The molecule has 0 aliphatic carbocycles. The van der Waals surface area contributed by atoms with Crippen molar-refractivity contribution in [3.63, 3.8) is 0 Å². The maximum Gasteiger partial charge on any atom is 0.315 e. The number of urea groups is 1. The van der Waals surface area contributed by atoms with Gasteiger partial charge in [0, 0.05) is 20.2 Å². The summed E-state index contributed by atoms with van der Waals surface area (Å²) in [6.45, 7) is 4.58. The molecule has 0 spiro atoms. The topological polar surface area (TPSA) is 70.6 Å². The fourth-order valence-electron chi connectivity index (χ4n) is 1.49. The lowest BCUT2D eigenvalue weighted by atomic mass is 10.1. The quantitative estimate of drug-likeness (QED) is 0.729. The molecule has 5 heteroatoms. The summed E-state index contributed by atoms with van der Waals surface area (Å²) in [5.41, 5.74) is 1.34. The van der Waals surface area contributed by atoms with Crippen LogP contribution in [0.1, 0.15) is 25.0 Å². The lowest BCUT2D eigenvalue weighted by Crippen LogP contribution is -2.44. The van der Waals surface area contributed by atoms with E-state index in [2.05, 4.69) is 10.6 Å². The number of hydrogen-bond donors (Lipinski definition) is 3. The molecule has 5 nitrogen and oxygen atoms in total. The molecule has 0 heterocycles. The molecule has 0 unspecified atom stereocenters. The number of aliphatic hydroxyl groups excluding tert-OH is 1. The van der Waals surface area contributed by atoms with E-state index in [1.165, 1.54) is 0 Å². The zero-order chi connectivity index (χ0) is 14.3. The highest BCUT2D eigenvalue weighted by molar-refractivity contribution is 5.73. The third kappa shape index (κ3) is 5.28. The van der Waals surface area contributed by atoms with Crippen molar-refractivity contribution in [3.8, 4) is 0 Å². The Morgan fingerprint density at radius 2 is 1.89 bits per heavy atom. The Kier molecular flexibility index (Phi) is 5.79. The molecule has 0 atom stereocenters. The number of aliphatic hydroxyl groups is 1. The van der Waals surface area contributed by atoms with Gasteiger partial charge in [0.25, 0.3) is 0 Å². The summed E-state index contributed by atoms with van der Waals surface area (Å²) in [5.74, 6) is 0. The minimum absolute atomic E-state index is 0.0316. The van der Waals surface area contributed by atoms with Crippen molar-refractivity contribution in [1.82, 2.24) is 10.6 Å². The van der Waals surface area contributed by atoms with Gasteiger partial charge in [-0.05, 0) is 25.0 Å². The van der Waals surface area contributed by atoms with Gasteiger partial charge in [0.1, 0.15) is 0 Å². The summed E-state index contributed by atoms with van der Waals surface area (Å²) in [6, 6.07) is 7.20. The van der Waals surface area contributed by atoms with E-state index in [1.807, 2.05) is 38.1 Å². The molecule has 1 aromatic carbocycles. The first kappa shape index (κ1) is 15.5. The largest absolute Gasteiger partial charge is 0.392 e. The van der Waals surface area contributed by atoms with E-state index in [0.717, 1.165) is 11.1 Å². The first-order chi connectivity index (χ1) is 8.98. The van der Waals surface area contributed by atoms with Crippen LogP contribution in [-0.2, 0) is 17.9 Å². The molecule has 0 aliphatic rings. The number of carbonyl (C=O) groups excluding carboxylic acids is 1. The number of amides is 2. The van der Waals surface area contributed by atoms with E-state index in [0.29, 0.717) is 13.1 Å². The van der Waals surface area contributed by atoms with Crippen molar-refractivity contribution in [2.45, 2.75) is 32.6 Å². The molecule has 1 rings (SSSR count). The van der Waals surface area contributed by atoms with E-state index in [9.17, 15) is 9.90 Å². The van der Waals surface area contributed by atoms with Gasteiger partial charge in [0.15, 0.2) is 0 Å². The van der Waals surface area contributed by atoms with Crippen molar-refractivity contribution >= 4 is 6.03 Å². The van der Waals surface area contributed by atoms with E-state index in [-0.39, 0.29) is 18.2 Å². The van der Waals surface area contributed by atoms with Gasteiger partial charge in [-0.25, -0.2) is 4.79 Å². The van der Waals surface area contributed by atoms with Gasteiger partial charge < -0.3 is 20.5 Å². The van der Waals surface area contributed by atoms with E-state index >= 15 is 0 Å². The Balaban J connectivity index is 2.42. The number of ether oxygens (including phenoxy) is 1. The minimum Gasteiger partial charge on any atom is -0.392 e. The molecule has 0 bridgehead atoms. The Morgan fingerprint density at radius 1 is 1.26 bits per heavy atom. The number of benzene rings is 1. The second-order valence-electron chi connectivity index (χ2n) is 4.93. The number of nitrogens with one attached hydrogen (secondary N) is 2. The standard InChI is InChI=1S/C14H22N2O3/c1-14(2,19-3)10-16-13(18)15-8-11-6-4-5-7-12(11)9-17/h4-7,17H,8-10H2,1-3H3,(H2,15,16,18). The van der Waals surface area contributed by atoms with Crippen LogP contribution in [0.2, 0.25) is 0 Å². The Morgan fingerprint density at radius 3 is 2.47 bits per heavy atom. The van der Waals surface area contributed by atoms with Crippen LogP contribution >= 0.6 is 0 Å². The Bertz CT molecular complexity index is 419. The van der Waals surface area contributed by atoms with Crippen molar-refractivity contribution in [3.05, 3.63) is 35.4 Å². The number of carbonyl (C=O) groups is 1. The van der Waals surface area contributed by atoms with Gasteiger partial charge in [-0.15, -0.1) is 0 Å². The summed E-state index contributed by atoms with van der Waals surface area (Å²) in [7, 11) is 1.61. The van der Waals surface area contributed by atoms with Crippen molar-refractivity contribution in [2.24, 2.45) is 0 Å². The van der Waals surface area contributed by atoms with Crippen LogP contribution in [-0.4, -0.2) is 30.4 Å². The average Bonchev–Trinajstić information content (AvgIpc) is 2.43. The monoisotopic (exact) mass is 266 g/mol. The summed E-state index contributed by atoms with van der Waals surface area (Å²) in [5, 5.41) is 14.7. The molecule has 0 saturated heterocycles. The van der Waals surface area contributed by atoms with Gasteiger partial charge in [-0.1, -0.05) is 24.3 Å². The summed E-state index contributed by atoms with van der Waals surface area (Å²) < 4.78 is 5.21. The minimum atomic E-state index is -0.389. The Hall–Kier alpha value is -1.59. The predicted molar refractivity (Wildman–Crippen MR) is 73.7 cm³/mol. The molecule has 106 valence electrons. The zero-order valence-corrected chi connectivity index (χ0v) is 11.7. The summed E-state index contributed by atoms with van der Waals surface area (Å²) in [6.07, 6.45) is 0. The Labute approximate surface area is 114 Å². The molecule has 0 aromatic heterocycles. The first-order valence-electron chi connectivity index (χ1n) is 6.23. The molecule has 0 radical (unpaired) electrons. The normalized spacial score (nSPS) is 11.2. The van der Waals surface area contributed by atoms with Crippen LogP contribution < -0.4 is 10.6 Å². The molecule has 0 fully saturated rings. The van der Waals surface area contributed by atoms with E-state index in [4.69, 9.17) is 4.74 Å². The van der Waals surface area contributed by atoms with E-state index in [1.54, 1.807) is 7.11 Å². The SMILES string of the molecule is COC(C)(C)CNC(=O)NCc1ccccc1CO. The van der Waals surface area contributed by atoms with Crippen LogP contribution in [0.25, 0.3) is 0 Å². The fourth-order valence-corrected chi connectivity index (χ4v) is 1.49. The van der Waals surface area contributed by atoms with E-state index < -0.39 is 0 Å². The summed E-state index contributed by atoms with van der Waals surface area (Å²) in [4.78, 5) is 11.6. The second kappa shape index (κ2) is 7.11. The smallest absolute Gasteiger partial charge is 0.315 e. The lowest BCUT2D eigenvalue weighted by molar-refractivity contribution is 0.0254. The van der Waals surface area contributed by atoms with Gasteiger partial charge >= 0.3 is 6.03 Å². The average molecular weight is 266 g/mol. The fraction of sp³-hybridized carbons (Fsp3) is 0.500. The van der Waals surface area contributed by atoms with Crippen LogP contribution in [0.4, 0.5) is 4.79 Å². The molecule has 2 amide bonds. The highest BCUT2D eigenvalue weighted by Crippen LogP contribution is 2.08. The number of methoxy groups -OCH3 is 1. The maximum absolute atomic E-state index is 11.6. The zero-order valence-electron chi connectivity index (χ0n) is 11.7.